The molecule has 4 rings (SSSR count). The van der Waals surface area contributed by atoms with Gasteiger partial charge in [0.15, 0.2) is 0 Å². The summed E-state index contributed by atoms with van der Waals surface area (Å²) in [5, 5.41) is 0. The lowest BCUT2D eigenvalue weighted by Crippen LogP contribution is -2.60. The summed E-state index contributed by atoms with van der Waals surface area (Å²) in [6, 6.07) is 11.4. The Balaban J connectivity index is 1.35. The van der Waals surface area contributed by atoms with Crippen LogP contribution >= 0.6 is 15.9 Å². The molecule has 3 nitrogen and oxygen atoms in total. The molecule has 2 bridgehead atoms. The SMILES string of the molecule is NC1C[C@H]2CCC[C@@H](C1)N2C1CCN(Cc2ccccc2Br)CC1. The van der Waals surface area contributed by atoms with Crippen molar-refractivity contribution in [1.82, 2.24) is 9.80 Å². The lowest BCUT2D eigenvalue weighted by atomic mass is 9.80. The van der Waals surface area contributed by atoms with Gasteiger partial charge >= 0.3 is 0 Å². The first-order valence-electron chi connectivity index (χ1n) is 9.69. The van der Waals surface area contributed by atoms with Crippen molar-refractivity contribution in [1.29, 1.82) is 0 Å². The highest BCUT2D eigenvalue weighted by molar-refractivity contribution is 9.10. The largest absolute Gasteiger partial charge is 0.328 e. The highest BCUT2D eigenvalue weighted by Crippen LogP contribution is 2.37. The number of benzene rings is 1. The Morgan fingerprint density at radius 1 is 0.958 bits per heavy atom. The third kappa shape index (κ3) is 3.57. The van der Waals surface area contributed by atoms with E-state index in [1.807, 2.05) is 0 Å². The molecule has 1 aromatic carbocycles. The van der Waals surface area contributed by atoms with Crippen LogP contribution in [0.15, 0.2) is 28.7 Å². The topological polar surface area (TPSA) is 32.5 Å². The normalized spacial score (nSPS) is 32.8. The first-order valence-corrected chi connectivity index (χ1v) is 10.5. The number of likely N-dealkylation sites (tertiary alicyclic amines) is 1. The zero-order valence-corrected chi connectivity index (χ0v) is 16.1. The van der Waals surface area contributed by atoms with Gasteiger partial charge in [-0.3, -0.25) is 9.80 Å². The summed E-state index contributed by atoms with van der Waals surface area (Å²) in [6.45, 7) is 3.54. The van der Waals surface area contributed by atoms with Crippen molar-refractivity contribution in [3.63, 3.8) is 0 Å². The van der Waals surface area contributed by atoms with E-state index in [1.165, 1.54) is 68.1 Å². The molecule has 3 saturated heterocycles. The lowest BCUT2D eigenvalue weighted by molar-refractivity contribution is -0.0270. The Hall–Kier alpha value is -0.420. The van der Waals surface area contributed by atoms with Gasteiger partial charge in [0.2, 0.25) is 0 Å². The van der Waals surface area contributed by atoms with Gasteiger partial charge in [0.05, 0.1) is 0 Å². The van der Waals surface area contributed by atoms with Crippen molar-refractivity contribution in [2.24, 2.45) is 5.73 Å². The highest BCUT2D eigenvalue weighted by Gasteiger charge is 2.41. The van der Waals surface area contributed by atoms with Gasteiger partial charge in [0.25, 0.3) is 0 Å². The van der Waals surface area contributed by atoms with Gasteiger partial charge in [0.1, 0.15) is 0 Å². The van der Waals surface area contributed by atoms with Crippen molar-refractivity contribution in [3.8, 4) is 0 Å². The molecule has 1 unspecified atom stereocenters. The van der Waals surface area contributed by atoms with Gasteiger partial charge in [0, 0.05) is 35.2 Å². The molecule has 132 valence electrons. The molecule has 0 aliphatic carbocycles. The Morgan fingerprint density at radius 2 is 1.62 bits per heavy atom. The van der Waals surface area contributed by atoms with E-state index in [4.69, 9.17) is 5.73 Å². The van der Waals surface area contributed by atoms with Crippen LogP contribution in [-0.4, -0.2) is 47.1 Å². The lowest BCUT2D eigenvalue weighted by Gasteiger charge is -2.53. The predicted octanol–water partition coefficient (Wildman–Crippen LogP) is 3.76. The fourth-order valence-corrected chi connectivity index (χ4v) is 5.71. The van der Waals surface area contributed by atoms with Crippen LogP contribution in [-0.2, 0) is 6.54 Å². The molecular formula is C20H30BrN3. The number of nitrogens with two attached hydrogens (primary N) is 1. The van der Waals surface area contributed by atoms with Crippen LogP contribution in [0.4, 0.5) is 0 Å². The molecule has 0 spiro atoms. The Bertz CT molecular complexity index is 542. The van der Waals surface area contributed by atoms with Gasteiger partial charge in [-0.2, -0.15) is 0 Å². The molecular weight excluding hydrogens is 362 g/mol. The Kier molecular flexibility index (Phi) is 5.28. The highest BCUT2D eigenvalue weighted by atomic mass is 79.9. The number of rotatable bonds is 3. The zero-order chi connectivity index (χ0) is 16.5. The average Bonchev–Trinajstić information content (AvgIpc) is 2.57. The smallest absolute Gasteiger partial charge is 0.0244 e. The molecule has 2 N–H and O–H groups in total. The summed E-state index contributed by atoms with van der Waals surface area (Å²) in [4.78, 5) is 5.53. The summed E-state index contributed by atoms with van der Waals surface area (Å²) in [6.07, 6.45) is 9.28. The molecule has 3 aliphatic rings. The molecule has 4 heteroatoms. The number of piperidine rings is 3. The van der Waals surface area contributed by atoms with Crippen LogP contribution in [0, 0.1) is 0 Å². The molecule has 3 atom stereocenters. The number of hydrogen-bond acceptors (Lipinski definition) is 3. The van der Waals surface area contributed by atoms with Crippen molar-refractivity contribution >= 4 is 15.9 Å². The van der Waals surface area contributed by atoms with Crippen LogP contribution in [0.5, 0.6) is 0 Å². The van der Waals surface area contributed by atoms with Gasteiger partial charge in [-0.15, -0.1) is 0 Å². The van der Waals surface area contributed by atoms with Crippen LogP contribution < -0.4 is 5.73 Å². The maximum absolute atomic E-state index is 6.30. The van der Waals surface area contributed by atoms with E-state index in [1.54, 1.807) is 0 Å². The fraction of sp³-hybridized carbons (Fsp3) is 0.700. The van der Waals surface area contributed by atoms with Gasteiger partial charge in [-0.25, -0.2) is 0 Å². The third-order valence-electron chi connectivity index (χ3n) is 6.40. The first kappa shape index (κ1) is 17.0. The van der Waals surface area contributed by atoms with Crippen molar-refractivity contribution in [2.45, 2.75) is 75.7 Å². The Morgan fingerprint density at radius 3 is 2.29 bits per heavy atom. The summed E-state index contributed by atoms with van der Waals surface area (Å²) in [5.74, 6) is 0. The van der Waals surface area contributed by atoms with E-state index in [0.717, 1.165) is 24.7 Å². The van der Waals surface area contributed by atoms with Gasteiger partial charge in [-0.05, 0) is 63.2 Å². The second-order valence-electron chi connectivity index (χ2n) is 8.02. The number of fused-ring (bicyclic) bond motifs is 2. The molecule has 1 aromatic rings. The average molecular weight is 392 g/mol. The molecule has 0 saturated carbocycles. The van der Waals surface area contributed by atoms with Gasteiger partial charge < -0.3 is 5.73 Å². The minimum Gasteiger partial charge on any atom is -0.328 e. The minimum absolute atomic E-state index is 0.451. The molecule has 0 radical (unpaired) electrons. The molecule has 3 heterocycles. The summed E-state index contributed by atoms with van der Waals surface area (Å²) in [7, 11) is 0. The van der Waals surface area contributed by atoms with Gasteiger partial charge in [-0.1, -0.05) is 40.5 Å². The molecule has 3 fully saturated rings. The van der Waals surface area contributed by atoms with Crippen molar-refractivity contribution in [2.75, 3.05) is 13.1 Å². The maximum atomic E-state index is 6.30. The molecule has 0 amide bonds. The van der Waals surface area contributed by atoms with E-state index >= 15 is 0 Å². The second-order valence-corrected chi connectivity index (χ2v) is 8.87. The number of halogens is 1. The van der Waals surface area contributed by atoms with Crippen LogP contribution in [0.2, 0.25) is 0 Å². The summed E-state index contributed by atoms with van der Waals surface area (Å²) in [5.41, 5.74) is 7.71. The van der Waals surface area contributed by atoms with Crippen LogP contribution in [0.25, 0.3) is 0 Å². The first-order chi connectivity index (χ1) is 11.7. The number of hydrogen-bond donors (Lipinski definition) is 1. The van der Waals surface area contributed by atoms with Crippen molar-refractivity contribution in [3.05, 3.63) is 34.3 Å². The minimum atomic E-state index is 0.451. The van der Waals surface area contributed by atoms with E-state index in [9.17, 15) is 0 Å². The molecule has 0 aromatic heterocycles. The fourth-order valence-electron chi connectivity index (χ4n) is 5.30. The quantitative estimate of drug-likeness (QED) is 0.850. The number of nitrogens with zero attached hydrogens (tertiary/aromatic N) is 2. The summed E-state index contributed by atoms with van der Waals surface area (Å²) < 4.78 is 1.24. The second kappa shape index (κ2) is 7.45. The zero-order valence-electron chi connectivity index (χ0n) is 14.5. The van der Waals surface area contributed by atoms with Crippen LogP contribution in [0.1, 0.15) is 50.5 Å². The standard InChI is InChI=1S/C20H30BrN3/c21-20-7-2-1-4-15(20)14-23-10-8-17(9-11-23)24-18-5-3-6-19(24)13-16(22)12-18/h1-2,4,7,16-19H,3,5-6,8-14,22H2/t16?,18-,19+. The Labute approximate surface area is 154 Å². The van der Waals surface area contributed by atoms with Crippen molar-refractivity contribution < 1.29 is 0 Å². The predicted molar refractivity (Wildman–Crippen MR) is 103 cm³/mol. The van der Waals surface area contributed by atoms with Crippen LogP contribution in [0.3, 0.4) is 0 Å². The summed E-state index contributed by atoms with van der Waals surface area (Å²) >= 11 is 3.69. The molecule has 3 aliphatic heterocycles. The van der Waals surface area contributed by atoms with E-state index in [2.05, 4.69) is 50.0 Å². The van der Waals surface area contributed by atoms with E-state index in [-0.39, 0.29) is 0 Å². The van der Waals surface area contributed by atoms with E-state index in [0.29, 0.717) is 6.04 Å². The monoisotopic (exact) mass is 391 g/mol. The third-order valence-corrected chi connectivity index (χ3v) is 7.17. The molecule has 24 heavy (non-hydrogen) atoms. The maximum Gasteiger partial charge on any atom is 0.0244 e. The van der Waals surface area contributed by atoms with E-state index < -0.39 is 0 Å².